The summed E-state index contributed by atoms with van der Waals surface area (Å²) in [6.07, 6.45) is 2.79. The maximum Gasteiger partial charge on any atom is 1.00 e. The smallest absolute Gasteiger partial charge is 0.598 e. The molecule has 0 bridgehead atoms. The van der Waals surface area contributed by atoms with Crippen molar-refractivity contribution in [2.24, 2.45) is 5.41 Å². The van der Waals surface area contributed by atoms with Gasteiger partial charge in [-0.05, 0) is 4.74 Å². The van der Waals surface area contributed by atoms with Crippen LogP contribution in [0.15, 0.2) is 0 Å². The van der Waals surface area contributed by atoms with Crippen LogP contribution in [-0.2, 0) is 4.99 Å². The lowest BCUT2D eigenvalue weighted by atomic mass is 9.85. The summed E-state index contributed by atoms with van der Waals surface area (Å²) < 4.78 is 1.40. The molecule has 0 fully saturated rings. The summed E-state index contributed by atoms with van der Waals surface area (Å²) >= 11 is 0. The summed E-state index contributed by atoms with van der Waals surface area (Å²) in [6, 6.07) is 0. The molecule has 1 aliphatic rings. The summed E-state index contributed by atoms with van der Waals surface area (Å²) in [5.41, 5.74) is -0.0842. The molecule has 0 radical (unpaired) electrons. The normalized spacial score (nSPS) is 26.5. The molecule has 0 saturated carbocycles. The van der Waals surface area contributed by atoms with E-state index in [2.05, 4.69) is 18.8 Å². The zero-order valence-electron chi connectivity index (χ0n) is 8.55. The summed E-state index contributed by atoms with van der Waals surface area (Å²) in [5.74, 6) is 0. The molecule has 1 aliphatic heterocycles. The molecule has 0 saturated heterocycles. The third-order valence-electron chi connectivity index (χ3n) is 2.03. The van der Waals surface area contributed by atoms with Crippen molar-refractivity contribution in [2.75, 3.05) is 0 Å². The van der Waals surface area contributed by atoms with E-state index in [9.17, 15) is 5.26 Å². The van der Waals surface area contributed by atoms with Crippen LogP contribution in [0.3, 0.4) is 0 Å². The largest absolute Gasteiger partial charge is 1.00 e. The minimum Gasteiger partial charge on any atom is -0.598 e. The molecular weight excluding hydrogens is 142 g/mol. The number of hydrogen-bond donors (Lipinski definition) is 0. The minimum atomic E-state index is -0.161. The highest BCUT2D eigenvalue weighted by molar-refractivity contribution is 5.61. The average Bonchev–Trinajstić information content (AvgIpc) is 1.99. The van der Waals surface area contributed by atoms with Crippen molar-refractivity contribution < 1.29 is 16.4 Å². The molecule has 0 atom stereocenters. The molecule has 0 unspecified atom stereocenters. The van der Waals surface area contributed by atoms with Crippen molar-refractivity contribution in [3.8, 4) is 0 Å². The number of nitrogens with zero attached hydrogens (tertiary/aromatic N) is 1. The van der Waals surface area contributed by atoms with E-state index in [4.69, 9.17) is 0 Å². The van der Waals surface area contributed by atoms with Crippen molar-refractivity contribution >= 4 is 6.21 Å². The average molecular weight is 158 g/mol. The monoisotopic (exact) mass is 158 g/mol. The summed E-state index contributed by atoms with van der Waals surface area (Å²) in [6.45, 7) is 8.17. The Bertz CT molecular complexity index is 199. The molecule has 3 heteroatoms. The van der Waals surface area contributed by atoms with Crippen LogP contribution in [0.5, 0.6) is 0 Å². The van der Waals surface area contributed by atoms with E-state index in [1.807, 2.05) is 20.1 Å². The van der Waals surface area contributed by atoms with Gasteiger partial charge in [0, 0.05) is 20.3 Å². The van der Waals surface area contributed by atoms with Crippen LogP contribution in [0.4, 0.5) is 0 Å². The highest BCUT2D eigenvalue weighted by Crippen LogP contribution is 2.33. The highest BCUT2D eigenvalue weighted by atomic mass is 17.2. The molecule has 1 heterocycles. The first-order valence-corrected chi connectivity index (χ1v) is 3.83. The molecule has 0 aromatic carbocycles. The van der Waals surface area contributed by atoms with Gasteiger partial charge >= 0.3 is 1.43 Å². The van der Waals surface area contributed by atoms with E-state index in [1.165, 1.54) is 4.74 Å². The van der Waals surface area contributed by atoms with E-state index in [0.29, 0.717) is 0 Å². The van der Waals surface area contributed by atoms with Gasteiger partial charge in [0.1, 0.15) is 0 Å². The van der Waals surface area contributed by atoms with Gasteiger partial charge in [-0.2, -0.15) is 0 Å². The fraction of sp³-hybridized carbons (Fsp3) is 0.875. The van der Waals surface area contributed by atoms with Crippen molar-refractivity contribution in [2.45, 2.75) is 39.7 Å². The second-order valence-electron chi connectivity index (χ2n) is 4.51. The first-order chi connectivity index (χ1) is 4.87. The third-order valence-corrected chi connectivity index (χ3v) is 2.03. The van der Waals surface area contributed by atoms with Gasteiger partial charge in [-0.25, -0.2) is 0 Å². The van der Waals surface area contributed by atoms with Gasteiger partial charge in [-0.3, -0.25) is 0 Å². The SMILES string of the molecule is CC1(C)C=[N+](O[O-])C(C)(C)C1.[H+]. The maximum atomic E-state index is 10.2. The van der Waals surface area contributed by atoms with Gasteiger partial charge in [-0.1, -0.05) is 13.8 Å². The van der Waals surface area contributed by atoms with E-state index in [-0.39, 0.29) is 12.4 Å². The van der Waals surface area contributed by atoms with Gasteiger partial charge in [0.15, 0.2) is 6.21 Å². The lowest BCUT2D eigenvalue weighted by Crippen LogP contribution is -2.35. The molecule has 3 nitrogen and oxygen atoms in total. The van der Waals surface area contributed by atoms with Crippen LogP contribution >= 0.6 is 0 Å². The lowest BCUT2D eigenvalue weighted by molar-refractivity contribution is -1.03. The van der Waals surface area contributed by atoms with Gasteiger partial charge in [0.05, 0.1) is 5.41 Å². The predicted octanol–water partition coefficient (Wildman–Crippen LogP) is 0.598. The molecular formula is C8H16NO2+. The second-order valence-corrected chi connectivity index (χ2v) is 4.51. The maximum absolute atomic E-state index is 10.2. The number of hydrogen-bond acceptors (Lipinski definition) is 2. The Morgan fingerprint density at radius 2 is 2.00 bits per heavy atom. The Labute approximate surface area is 68.7 Å². The van der Waals surface area contributed by atoms with Crippen LogP contribution in [-0.4, -0.2) is 16.5 Å². The molecule has 64 valence electrons. The Hall–Kier alpha value is -0.570. The molecule has 1 rings (SSSR count). The standard InChI is InChI=1S/C8H15NO2/c1-7(2)5-8(3,4)9(6-7)11-10/h6H,5H2,1-4H3/p+1. The van der Waals surface area contributed by atoms with E-state index < -0.39 is 0 Å². The first kappa shape index (κ1) is 8.53. The Morgan fingerprint density at radius 1 is 1.45 bits per heavy atom. The Balaban J connectivity index is 0.00000121. The van der Waals surface area contributed by atoms with Gasteiger partial charge in [0.2, 0.25) is 5.54 Å². The van der Waals surface area contributed by atoms with Crippen LogP contribution in [0, 0.1) is 5.41 Å². The lowest BCUT2D eigenvalue weighted by Gasteiger charge is -2.17. The topological polar surface area (TPSA) is 35.3 Å². The van der Waals surface area contributed by atoms with E-state index in [1.54, 1.807) is 0 Å². The number of hydroxylamine groups is 1. The predicted molar refractivity (Wildman–Crippen MR) is 41.0 cm³/mol. The van der Waals surface area contributed by atoms with Crippen molar-refractivity contribution in [3.63, 3.8) is 0 Å². The third kappa shape index (κ3) is 1.53. The van der Waals surface area contributed by atoms with Gasteiger partial charge in [-0.15, -0.1) is 0 Å². The van der Waals surface area contributed by atoms with Gasteiger partial charge in [0.25, 0.3) is 0 Å². The molecule has 0 spiro atoms. The van der Waals surface area contributed by atoms with E-state index >= 15 is 0 Å². The summed E-state index contributed by atoms with van der Waals surface area (Å²) in [4.78, 5) is 3.99. The van der Waals surface area contributed by atoms with Crippen molar-refractivity contribution in [3.05, 3.63) is 0 Å². The summed E-state index contributed by atoms with van der Waals surface area (Å²) in [5, 5.41) is 10.2. The zero-order valence-corrected chi connectivity index (χ0v) is 7.55. The summed E-state index contributed by atoms with van der Waals surface area (Å²) in [7, 11) is 0. The van der Waals surface area contributed by atoms with Crippen LogP contribution in [0.1, 0.15) is 35.5 Å². The molecule has 11 heavy (non-hydrogen) atoms. The molecule has 0 N–H and O–H groups in total. The fourth-order valence-corrected chi connectivity index (χ4v) is 1.85. The highest BCUT2D eigenvalue weighted by Gasteiger charge is 2.46. The zero-order chi connectivity index (χ0) is 8.70. The molecule has 0 aromatic heterocycles. The number of rotatable bonds is 1. The van der Waals surface area contributed by atoms with Crippen LogP contribution < -0.4 is 5.26 Å². The molecule has 0 aliphatic carbocycles. The van der Waals surface area contributed by atoms with Crippen LogP contribution in [0.2, 0.25) is 0 Å². The molecule has 0 amide bonds. The Kier molecular flexibility index (Phi) is 1.71. The van der Waals surface area contributed by atoms with Crippen molar-refractivity contribution in [1.82, 2.24) is 0 Å². The van der Waals surface area contributed by atoms with Gasteiger partial charge < -0.3 is 10.2 Å². The Morgan fingerprint density at radius 3 is 2.18 bits per heavy atom. The second kappa shape index (κ2) is 2.21. The molecule has 0 aromatic rings. The van der Waals surface area contributed by atoms with Crippen molar-refractivity contribution in [1.29, 1.82) is 0 Å². The van der Waals surface area contributed by atoms with Crippen LogP contribution in [0.25, 0.3) is 0 Å². The quantitative estimate of drug-likeness (QED) is 0.318. The first-order valence-electron chi connectivity index (χ1n) is 3.83. The van der Waals surface area contributed by atoms with E-state index in [0.717, 1.165) is 6.42 Å². The minimum absolute atomic E-state index is 0. The fourth-order valence-electron chi connectivity index (χ4n) is 1.85.